The Hall–Kier alpha value is 0.270. The highest BCUT2D eigenvalue weighted by Gasteiger charge is 2.27. The lowest BCUT2D eigenvalue weighted by molar-refractivity contribution is 0.206. The van der Waals surface area contributed by atoms with Crippen molar-refractivity contribution in [3.05, 3.63) is 0 Å². The van der Waals surface area contributed by atoms with Crippen LogP contribution in [0.3, 0.4) is 0 Å². The summed E-state index contributed by atoms with van der Waals surface area (Å²) >= 11 is 2.15. The predicted octanol–water partition coefficient (Wildman–Crippen LogP) is 1.95. The fourth-order valence-electron chi connectivity index (χ4n) is 2.88. The molecule has 15 heavy (non-hydrogen) atoms. The molecule has 3 heteroatoms. The highest BCUT2D eigenvalue weighted by Crippen LogP contribution is 2.28. The first-order chi connectivity index (χ1) is 7.27. The maximum absolute atomic E-state index is 3.59. The van der Waals surface area contributed by atoms with Crippen LogP contribution in [0.5, 0.6) is 0 Å². The van der Waals surface area contributed by atoms with E-state index >= 15 is 0 Å². The molecule has 2 rings (SSSR count). The highest BCUT2D eigenvalue weighted by atomic mass is 32.2. The van der Waals surface area contributed by atoms with Crippen LogP contribution in [-0.4, -0.2) is 48.1 Å². The van der Waals surface area contributed by atoms with E-state index in [4.69, 9.17) is 0 Å². The van der Waals surface area contributed by atoms with Gasteiger partial charge < -0.3 is 10.2 Å². The van der Waals surface area contributed by atoms with Crippen LogP contribution in [0.15, 0.2) is 0 Å². The van der Waals surface area contributed by atoms with Gasteiger partial charge >= 0.3 is 0 Å². The number of thioether (sulfide) groups is 1. The Morgan fingerprint density at radius 2 is 2.20 bits per heavy atom. The van der Waals surface area contributed by atoms with Gasteiger partial charge in [-0.3, -0.25) is 0 Å². The molecule has 3 unspecified atom stereocenters. The number of likely N-dealkylation sites (N-methyl/N-ethyl adjacent to an activating group) is 1. The van der Waals surface area contributed by atoms with Crippen LogP contribution < -0.4 is 5.32 Å². The summed E-state index contributed by atoms with van der Waals surface area (Å²) in [4.78, 5) is 2.60. The monoisotopic (exact) mass is 228 g/mol. The Labute approximate surface area is 98.2 Å². The van der Waals surface area contributed by atoms with E-state index in [1.54, 1.807) is 0 Å². The first-order valence-corrected chi connectivity index (χ1v) is 7.37. The van der Waals surface area contributed by atoms with Crippen molar-refractivity contribution in [2.24, 2.45) is 0 Å². The maximum atomic E-state index is 3.59. The molecule has 2 fully saturated rings. The summed E-state index contributed by atoms with van der Waals surface area (Å²) in [5.41, 5.74) is 0. The van der Waals surface area contributed by atoms with Crippen LogP contribution in [0, 0.1) is 0 Å². The first kappa shape index (κ1) is 11.7. The standard InChI is InChI=1S/C12H24N2S/c1-10-12(6-4-8-15-10)14(2)9-11-5-3-7-13-11/h10-13H,3-9H2,1-2H3. The molecule has 0 aromatic rings. The predicted molar refractivity (Wildman–Crippen MR) is 68.6 cm³/mol. The van der Waals surface area contributed by atoms with Crippen molar-refractivity contribution in [1.82, 2.24) is 10.2 Å². The van der Waals surface area contributed by atoms with Gasteiger partial charge in [-0.2, -0.15) is 11.8 Å². The average molecular weight is 228 g/mol. The van der Waals surface area contributed by atoms with Crippen LogP contribution in [-0.2, 0) is 0 Å². The molecule has 3 atom stereocenters. The SMILES string of the molecule is CC1SCCCC1N(C)CC1CCCN1. The van der Waals surface area contributed by atoms with E-state index in [0.29, 0.717) is 0 Å². The third-order valence-corrected chi connectivity index (χ3v) is 5.17. The van der Waals surface area contributed by atoms with Gasteiger partial charge in [-0.05, 0) is 45.0 Å². The van der Waals surface area contributed by atoms with E-state index in [2.05, 4.69) is 35.9 Å². The first-order valence-electron chi connectivity index (χ1n) is 6.32. The fraction of sp³-hybridized carbons (Fsp3) is 1.00. The molecule has 0 radical (unpaired) electrons. The summed E-state index contributed by atoms with van der Waals surface area (Å²) in [7, 11) is 2.31. The lowest BCUT2D eigenvalue weighted by atomic mass is 10.1. The van der Waals surface area contributed by atoms with E-state index < -0.39 is 0 Å². The number of nitrogens with one attached hydrogen (secondary N) is 1. The molecule has 2 aliphatic rings. The molecule has 1 N–H and O–H groups in total. The van der Waals surface area contributed by atoms with Gasteiger partial charge in [-0.15, -0.1) is 0 Å². The van der Waals surface area contributed by atoms with Crippen molar-refractivity contribution in [3.8, 4) is 0 Å². The van der Waals surface area contributed by atoms with E-state index in [-0.39, 0.29) is 0 Å². The van der Waals surface area contributed by atoms with Crippen LogP contribution >= 0.6 is 11.8 Å². The second kappa shape index (κ2) is 5.55. The molecule has 0 spiro atoms. The zero-order valence-corrected chi connectivity index (χ0v) is 10.9. The number of rotatable bonds is 3. The molecule has 88 valence electrons. The highest BCUT2D eigenvalue weighted by molar-refractivity contribution is 7.99. The molecule has 2 heterocycles. The smallest absolute Gasteiger partial charge is 0.0209 e. The van der Waals surface area contributed by atoms with Gasteiger partial charge in [-0.1, -0.05) is 6.92 Å². The van der Waals surface area contributed by atoms with Crippen molar-refractivity contribution in [2.45, 2.75) is 49.9 Å². The number of hydrogen-bond acceptors (Lipinski definition) is 3. The summed E-state index contributed by atoms with van der Waals surface area (Å²) in [6.45, 7) is 4.87. The zero-order valence-electron chi connectivity index (χ0n) is 10.0. The van der Waals surface area contributed by atoms with Crippen molar-refractivity contribution >= 4 is 11.8 Å². The van der Waals surface area contributed by atoms with Crippen molar-refractivity contribution in [1.29, 1.82) is 0 Å². The van der Waals surface area contributed by atoms with E-state index in [1.165, 1.54) is 44.5 Å². The van der Waals surface area contributed by atoms with E-state index in [1.807, 2.05) is 0 Å². The zero-order chi connectivity index (χ0) is 10.7. The second-order valence-electron chi connectivity index (χ2n) is 5.02. The molecule has 2 saturated heterocycles. The minimum Gasteiger partial charge on any atom is -0.313 e. The molecule has 2 aliphatic heterocycles. The third-order valence-electron chi connectivity index (χ3n) is 3.80. The molecular weight excluding hydrogens is 204 g/mol. The summed E-state index contributed by atoms with van der Waals surface area (Å²) in [5, 5.41) is 4.42. The van der Waals surface area contributed by atoms with Gasteiger partial charge in [0.25, 0.3) is 0 Å². The molecule has 0 saturated carbocycles. The van der Waals surface area contributed by atoms with Crippen molar-refractivity contribution < 1.29 is 0 Å². The summed E-state index contributed by atoms with van der Waals surface area (Å²) in [6.07, 6.45) is 5.55. The Morgan fingerprint density at radius 3 is 2.87 bits per heavy atom. The molecule has 0 amide bonds. The largest absolute Gasteiger partial charge is 0.313 e. The van der Waals surface area contributed by atoms with Gasteiger partial charge in [0.15, 0.2) is 0 Å². The lowest BCUT2D eigenvalue weighted by Gasteiger charge is -2.37. The van der Waals surface area contributed by atoms with E-state index in [0.717, 1.165) is 17.3 Å². The fourth-order valence-corrected chi connectivity index (χ4v) is 4.15. The molecular formula is C12H24N2S. The third kappa shape index (κ3) is 3.11. The Morgan fingerprint density at radius 1 is 1.33 bits per heavy atom. The van der Waals surface area contributed by atoms with Crippen LogP contribution in [0.2, 0.25) is 0 Å². The Bertz CT molecular complexity index is 192. The molecule has 0 aromatic carbocycles. The molecule has 2 nitrogen and oxygen atoms in total. The number of hydrogen-bond donors (Lipinski definition) is 1. The Balaban J connectivity index is 1.80. The minimum absolute atomic E-state index is 0.758. The average Bonchev–Trinajstić information content (AvgIpc) is 2.71. The van der Waals surface area contributed by atoms with Crippen molar-refractivity contribution in [2.75, 3.05) is 25.9 Å². The van der Waals surface area contributed by atoms with Crippen LogP contribution in [0.1, 0.15) is 32.6 Å². The van der Waals surface area contributed by atoms with E-state index in [9.17, 15) is 0 Å². The van der Waals surface area contributed by atoms with Gasteiger partial charge in [0.2, 0.25) is 0 Å². The Kier molecular flexibility index (Phi) is 4.35. The second-order valence-corrected chi connectivity index (χ2v) is 6.50. The molecule has 0 aliphatic carbocycles. The normalized spacial score (nSPS) is 37.4. The van der Waals surface area contributed by atoms with Crippen LogP contribution in [0.4, 0.5) is 0 Å². The lowest BCUT2D eigenvalue weighted by Crippen LogP contribution is -2.46. The van der Waals surface area contributed by atoms with Crippen LogP contribution in [0.25, 0.3) is 0 Å². The quantitative estimate of drug-likeness (QED) is 0.795. The van der Waals surface area contributed by atoms with Gasteiger partial charge in [0.05, 0.1) is 0 Å². The molecule has 0 aromatic heterocycles. The summed E-state index contributed by atoms with van der Waals surface area (Å²) < 4.78 is 0. The van der Waals surface area contributed by atoms with Gasteiger partial charge in [-0.25, -0.2) is 0 Å². The van der Waals surface area contributed by atoms with Gasteiger partial charge in [0.1, 0.15) is 0 Å². The van der Waals surface area contributed by atoms with Crippen molar-refractivity contribution in [3.63, 3.8) is 0 Å². The minimum atomic E-state index is 0.758. The number of nitrogens with zero attached hydrogens (tertiary/aromatic N) is 1. The molecule has 0 bridgehead atoms. The summed E-state index contributed by atoms with van der Waals surface area (Å²) in [6, 6.07) is 1.57. The van der Waals surface area contributed by atoms with Gasteiger partial charge in [0, 0.05) is 23.9 Å². The maximum Gasteiger partial charge on any atom is 0.0209 e. The summed E-state index contributed by atoms with van der Waals surface area (Å²) in [5.74, 6) is 1.37. The topological polar surface area (TPSA) is 15.3 Å².